The van der Waals surface area contributed by atoms with Crippen LogP contribution < -0.4 is 16.0 Å². The van der Waals surface area contributed by atoms with Gasteiger partial charge < -0.3 is 20.7 Å². The zero-order valence-corrected chi connectivity index (χ0v) is 13.0. The Balaban J connectivity index is 1.37. The standard InChI is InChI=1S/C17H25N3O2/c18-12-14-6-7-16(22-14)17(21)19-9-3-10-20-11-8-13-4-1-2-5-15(13)20/h1-2,4-5,14,16H,3,6-12,18H2,(H,19,21)/t14-,16+/m1/s1. The summed E-state index contributed by atoms with van der Waals surface area (Å²) in [4.78, 5) is 14.4. The number of carbonyl (C=O) groups is 1. The number of benzene rings is 1. The highest BCUT2D eigenvalue weighted by atomic mass is 16.5. The molecule has 2 aliphatic heterocycles. The highest BCUT2D eigenvalue weighted by Gasteiger charge is 2.29. The van der Waals surface area contributed by atoms with Crippen molar-refractivity contribution in [1.29, 1.82) is 0 Å². The fraction of sp³-hybridized carbons (Fsp3) is 0.588. The van der Waals surface area contributed by atoms with Crippen LogP contribution in [0.25, 0.3) is 0 Å². The van der Waals surface area contributed by atoms with Crippen molar-refractivity contribution >= 4 is 11.6 Å². The monoisotopic (exact) mass is 303 g/mol. The molecule has 0 bridgehead atoms. The number of anilines is 1. The second kappa shape index (κ2) is 7.11. The number of fused-ring (bicyclic) bond motifs is 1. The van der Waals surface area contributed by atoms with E-state index in [0.29, 0.717) is 13.1 Å². The average molecular weight is 303 g/mol. The number of hydrogen-bond donors (Lipinski definition) is 2. The van der Waals surface area contributed by atoms with Gasteiger partial charge in [0.25, 0.3) is 0 Å². The van der Waals surface area contributed by atoms with Crippen molar-refractivity contribution in [2.24, 2.45) is 5.73 Å². The summed E-state index contributed by atoms with van der Waals surface area (Å²) in [5, 5.41) is 2.99. The maximum atomic E-state index is 12.0. The number of rotatable bonds is 6. The molecule has 5 nitrogen and oxygen atoms in total. The van der Waals surface area contributed by atoms with Gasteiger partial charge in [-0.25, -0.2) is 0 Å². The summed E-state index contributed by atoms with van der Waals surface area (Å²) in [6.07, 6.45) is 3.50. The molecule has 3 N–H and O–H groups in total. The first-order valence-corrected chi connectivity index (χ1v) is 8.24. The second-order valence-electron chi connectivity index (χ2n) is 6.07. The van der Waals surface area contributed by atoms with Crippen molar-refractivity contribution in [3.8, 4) is 0 Å². The van der Waals surface area contributed by atoms with Crippen LogP contribution in [0.15, 0.2) is 24.3 Å². The minimum absolute atomic E-state index is 0.0118. The van der Waals surface area contributed by atoms with Crippen LogP contribution >= 0.6 is 0 Å². The molecule has 1 fully saturated rings. The van der Waals surface area contributed by atoms with Crippen LogP contribution in [0.1, 0.15) is 24.8 Å². The lowest BCUT2D eigenvalue weighted by Crippen LogP contribution is -2.37. The van der Waals surface area contributed by atoms with Crippen molar-refractivity contribution in [3.05, 3.63) is 29.8 Å². The van der Waals surface area contributed by atoms with Gasteiger partial charge in [0.1, 0.15) is 6.10 Å². The first-order valence-electron chi connectivity index (χ1n) is 8.24. The van der Waals surface area contributed by atoms with Gasteiger partial charge in [0, 0.05) is 31.9 Å². The molecule has 2 heterocycles. The van der Waals surface area contributed by atoms with Crippen molar-refractivity contribution in [2.75, 3.05) is 31.1 Å². The Morgan fingerprint density at radius 2 is 2.23 bits per heavy atom. The molecule has 2 atom stereocenters. The number of hydrogen-bond acceptors (Lipinski definition) is 4. The van der Waals surface area contributed by atoms with E-state index in [1.165, 1.54) is 11.3 Å². The normalized spacial score (nSPS) is 23.6. The van der Waals surface area contributed by atoms with Gasteiger partial charge in [-0.15, -0.1) is 0 Å². The van der Waals surface area contributed by atoms with Gasteiger partial charge in [-0.1, -0.05) is 18.2 Å². The molecule has 1 aromatic rings. The Morgan fingerprint density at radius 3 is 3.05 bits per heavy atom. The van der Waals surface area contributed by atoms with Crippen LogP contribution in [0.4, 0.5) is 5.69 Å². The van der Waals surface area contributed by atoms with E-state index < -0.39 is 0 Å². The molecular weight excluding hydrogens is 278 g/mol. The van der Waals surface area contributed by atoms with Crippen LogP contribution in [0, 0.1) is 0 Å². The van der Waals surface area contributed by atoms with Crippen LogP contribution in [-0.4, -0.2) is 44.3 Å². The van der Waals surface area contributed by atoms with E-state index in [-0.39, 0.29) is 18.1 Å². The number of nitrogens with one attached hydrogen (secondary N) is 1. The Bertz CT molecular complexity index is 520. The van der Waals surface area contributed by atoms with Crippen molar-refractivity contribution in [3.63, 3.8) is 0 Å². The number of nitrogens with two attached hydrogens (primary N) is 1. The fourth-order valence-corrected chi connectivity index (χ4v) is 3.31. The smallest absolute Gasteiger partial charge is 0.249 e. The molecule has 0 unspecified atom stereocenters. The van der Waals surface area contributed by atoms with Crippen molar-refractivity contribution in [1.82, 2.24) is 5.32 Å². The Kier molecular flexibility index (Phi) is 4.95. The topological polar surface area (TPSA) is 67.6 Å². The van der Waals surface area contributed by atoms with Crippen LogP contribution in [-0.2, 0) is 16.0 Å². The summed E-state index contributed by atoms with van der Waals surface area (Å²) in [6.45, 7) is 3.26. The Hall–Kier alpha value is -1.59. The van der Waals surface area contributed by atoms with Gasteiger partial charge in [0.15, 0.2) is 0 Å². The van der Waals surface area contributed by atoms with Gasteiger partial charge >= 0.3 is 0 Å². The largest absolute Gasteiger partial charge is 0.371 e. The fourth-order valence-electron chi connectivity index (χ4n) is 3.31. The minimum Gasteiger partial charge on any atom is -0.371 e. The molecule has 1 amide bonds. The summed E-state index contributed by atoms with van der Waals surface area (Å²) in [5.41, 5.74) is 8.34. The number of carbonyl (C=O) groups excluding carboxylic acids is 1. The quantitative estimate of drug-likeness (QED) is 0.771. The number of amides is 1. The lowest BCUT2D eigenvalue weighted by molar-refractivity contribution is -0.131. The van der Waals surface area contributed by atoms with E-state index in [9.17, 15) is 4.79 Å². The number of para-hydroxylation sites is 1. The van der Waals surface area contributed by atoms with Crippen LogP contribution in [0.2, 0.25) is 0 Å². The van der Waals surface area contributed by atoms with Gasteiger partial charge in [-0.05, 0) is 37.3 Å². The van der Waals surface area contributed by atoms with Crippen molar-refractivity contribution in [2.45, 2.75) is 37.9 Å². The molecule has 0 saturated carbocycles. The second-order valence-corrected chi connectivity index (χ2v) is 6.07. The van der Waals surface area contributed by atoms with E-state index in [1.54, 1.807) is 0 Å². The zero-order chi connectivity index (χ0) is 15.4. The van der Waals surface area contributed by atoms with Gasteiger partial charge in [0.05, 0.1) is 6.10 Å². The molecule has 0 aliphatic carbocycles. The first-order chi connectivity index (χ1) is 10.8. The molecule has 1 aromatic carbocycles. The van der Waals surface area contributed by atoms with Gasteiger partial charge in [-0.2, -0.15) is 0 Å². The van der Waals surface area contributed by atoms with Crippen molar-refractivity contribution < 1.29 is 9.53 Å². The summed E-state index contributed by atoms with van der Waals surface area (Å²) < 4.78 is 5.60. The molecule has 0 spiro atoms. The third-order valence-corrected chi connectivity index (χ3v) is 4.55. The lowest BCUT2D eigenvalue weighted by Gasteiger charge is -2.19. The van der Waals surface area contributed by atoms with E-state index >= 15 is 0 Å². The summed E-state index contributed by atoms with van der Waals surface area (Å²) >= 11 is 0. The molecule has 2 aliphatic rings. The summed E-state index contributed by atoms with van der Waals surface area (Å²) in [5.74, 6) is 0.0118. The number of nitrogens with zero attached hydrogens (tertiary/aromatic N) is 1. The minimum atomic E-state index is -0.305. The Morgan fingerprint density at radius 1 is 1.36 bits per heavy atom. The van der Waals surface area contributed by atoms with E-state index in [4.69, 9.17) is 10.5 Å². The van der Waals surface area contributed by atoms with Gasteiger partial charge in [-0.3, -0.25) is 4.79 Å². The van der Waals surface area contributed by atoms with E-state index in [1.807, 2.05) is 0 Å². The molecule has 22 heavy (non-hydrogen) atoms. The van der Waals surface area contributed by atoms with Crippen LogP contribution in [0.3, 0.4) is 0 Å². The summed E-state index contributed by atoms with van der Waals surface area (Å²) in [7, 11) is 0. The summed E-state index contributed by atoms with van der Waals surface area (Å²) in [6, 6.07) is 8.56. The lowest BCUT2D eigenvalue weighted by atomic mass is 10.2. The number of ether oxygens (including phenoxy) is 1. The van der Waals surface area contributed by atoms with E-state index in [2.05, 4.69) is 34.5 Å². The molecule has 120 valence electrons. The first kappa shape index (κ1) is 15.3. The highest BCUT2D eigenvalue weighted by molar-refractivity contribution is 5.81. The third kappa shape index (κ3) is 3.42. The molecule has 1 saturated heterocycles. The highest BCUT2D eigenvalue weighted by Crippen LogP contribution is 2.27. The molecule has 0 radical (unpaired) electrons. The molecule has 0 aromatic heterocycles. The predicted octanol–water partition coefficient (Wildman–Crippen LogP) is 1.06. The molecule has 3 rings (SSSR count). The Labute approximate surface area is 131 Å². The third-order valence-electron chi connectivity index (χ3n) is 4.55. The molecular formula is C17H25N3O2. The molecule has 5 heteroatoms. The SMILES string of the molecule is NC[C@H]1CC[C@@H](C(=O)NCCCN2CCc3ccccc32)O1. The van der Waals surface area contributed by atoms with E-state index in [0.717, 1.165) is 38.8 Å². The zero-order valence-electron chi connectivity index (χ0n) is 13.0. The predicted molar refractivity (Wildman–Crippen MR) is 86.9 cm³/mol. The average Bonchev–Trinajstić information content (AvgIpc) is 3.18. The van der Waals surface area contributed by atoms with Gasteiger partial charge in [0.2, 0.25) is 5.91 Å². The maximum absolute atomic E-state index is 12.0. The van der Waals surface area contributed by atoms with Crippen LogP contribution in [0.5, 0.6) is 0 Å². The maximum Gasteiger partial charge on any atom is 0.249 e.